The van der Waals surface area contributed by atoms with E-state index in [9.17, 15) is 4.79 Å². The highest BCUT2D eigenvalue weighted by Gasteiger charge is 2.26. The number of likely N-dealkylation sites (N-methyl/N-ethyl adjacent to an activating group) is 1. The van der Waals surface area contributed by atoms with E-state index in [2.05, 4.69) is 40.4 Å². The number of hydrogen-bond donors (Lipinski definition) is 1. The molecule has 0 radical (unpaired) electrons. The van der Waals surface area contributed by atoms with Crippen molar-refractivity contribution in [2.24, 2.45) is 0 Å². The number of hydrogen-bond acceptors (Lipinski definition) is 3. The van der Waals surface area contributed by atoms with Gasteiger partial charge in [-0.05, 0) is 68.6 Å². The average Bonchev–Trinajstić information content (AvgIpc) is 3.32. The Bertz CT molecular complexity index is 826. The van der Waals surface area contributed by atoms with Crippen molar-refractivity contribution in [1.29, 1.82) is 0 Å². The third-order valence-electron chi connectivity index (χ3n) is 5.93. The second-order valence-electron chi connectivity index (χ2n) is 7.90. The number of nitrogens with one attached hydrogen (secondary N) is 1. The molecule has 1 unspecified atom stereocenters. The molecule has 4 rings (SSSR count). The number of rotatable bonds is 5. The molecule has 1 saturated heterocycles. The van der Waals surface area contributed by atoms with Crippen LogP contribution < -0.4 is 10.2 Å². The summed E-state index contributed by atoms with van der Waals surface area (Å²) in [7, 11) is 2.16. The van der Waals surface area contributed by atoms with Gasteiger partial charge >= 0.3 is 0 Å². The molecule has 4 heteroatoms. The molecule has 0 saturated carbocycles. The summed E-state index contributed by atoms with van der Waals surface area (Å²) in [6, 6.07) is 14.9. The van der Waals surface area contributed by atoms with Crippen molar-refractivity contribution in [1.82, 2.24) is 10.2 Å². The van der Waals surface area contributed by atoms with Crippen molar-refractivity contribution in [2.45, 2.75) is 32.2 Å². The van der Waals surface area contributed by atoms with Crippen LogP contribution in [0.1, 0.15) is 45.9 Å². The fraction of sp³-hybridized carbons (Fsp3) is 0.435. The molecule has 1 N–H and O–H groups in total. The van der Waals surface area contributed by atoms with Crippen LogP contribution in [-0.4, -0.2) is 44.0 Å². The number of anilines is 1. The van der Waals surface area contributed by atoms with Crippen LogP contribution in [0.5, 0.6) is 0 Å². The summed E-state index contributed by atoms with van der Waals surface area (Å²) >= 11 is 0. The van der Waals surface area contributed by atoms with Gasteiger partial charge in [0, 0.05) is 31.4 Å². The lowest BCUT2D eigenvalue weighted by Crippen LogP contribution is -2.36. The Morgan fingerprint density at radius 1 is 1.11 bits per heavy atom. The van der Waals surface area contributed by atoms with Gasteiger partial charge in [-0.2, -0.15) is 0 Å². The van der Waals surface area contributed by atoms with Gasteiger partial charge in [-0.25, -0.2) is 0 Å². The Kier molecular flexibility index (Phi) is 5.17. The smallest absolute Gasteiger partial charge is 0.251 e. The lowest BCUT2D eigenvalue weighted by atomic mass is 10.0. The van der Waals surface area contributed by atoms with Crippen LogP contribution in [0.4, 0.5) is 5.69 Å². The summed E-state index contributed by atoms with van der Waals surface area (Å²) in [5.41, 5.74) is 5.97. The molecule has 1 amide bonds. The number of carbonyl (C=O) groups excluding carboxylic acids is 1. The van der Waals surface area contributed by atoms with Gasteiger partial charge in [-0.1, -0.05) is 29.8 Å². The Balaban J connectivity index is 1.52. The van der Waals surface area contributed by atoms with Gasteiger partial charge < -0.3 is 10.2 Å². The minimum atomic E-state index is 0.0174. The van der Waals surface area contributed by atoms with E-state index in [1.807, 2.05) is 31.2 Å². The highest BCUT2D eigenvalue weighted by atomic mass is 16.1. The summed E-state index contributed by atoms with van der Waals surface area (Å²) in [5, 5.41) is 3.19. The third-order valence-corrected chi connectivity index (χ3v) is 5.93. The Morgan fingerprint density at radius 3 is 2.70 bits per heavy atom. The van der Waals surface area contributed by atoms with E-state index in [4.69, 9.17) is 0 Å². The summed E-state index contributed by atoms with van der Waals surface area (Å²) in [4.78, 5) is 17.5. The number of fused-ring (bicyclic) bond motifs is 1. The first-order valence-corrected chi connectivity index (χ1v) is 10.0. The maximum atomic E-state index is 12.6. The Hall–Kier alpha value is -2.33. The molecule has 0 aromatic heterocycles. The zero-order valence-corrected chi connectivity index (χ0v) is 16.4. The highest BCUT2D eigenvalue weighted by molar-refractivity contribution is 5.94. The molecule has 4 nitrogen and oxygen atoms in total. The number of amides is 1. The van der Waals surface area contributed by atoms with Crippen LogP contribution in [0.3, 0.4) is 0 Å². The minimum absolute atomic E-state index is 0.0174. The Morgan fingerprint density at radius 2 is 1.93 bits per heavy atom. The van der Waals surface area contributed by atoms with Crippen LogP contribution in [0.2, 0.25) is 0 Å². The molecular weight excluding hydrogens is 334 g/mol. The number of nitrogens with zero attached hydrogens (tertiary/aromatic N) is 2. The third kappa shape index (κ3) is 3.86. The lowest BCUT2D eigenvalue weighted by Gasteiger charge is -2.29. The molecule has 1 atom stereocenters. The average molecular weight is 364 g/mol. The lowest BCUT2D eigenvalue weighted by molar-refractivity contribution is 0.0938. The van der Waals surface area contributed by atoms with E-state index in [0.29, 0.717) is 6.54 Å². The first kappa shape index (κ1) is 18.1. The van der Waals surface area contributed by atoms with E-state index in [-0.39, 0.29) is 11.9 Å². The van der Waals surface area contributed by atoms with Crippen molar-refractivity contribution >= 4 is 11.6 Å². The predicted molar refractivity (Wildman–Crippen MR) is 110 cm³/mol. The molecule has 142 valence electrons. The quantitative estimate of drug-likeness (QED) is 0.882. The fourth-order valence-corrected chi connectivity index (χ4v) is 4.38. The van der Waals surface area contributed by atoms with Gasteiger partial charge in [0.1, 0.15) is 0 Å². The topological polar surface area (TPSA) is 35.6 Å². The normalized spacial score (nSPS) is 17.8. The molecule has 27 heavy (non-hydrogen) atoms. The zero-order chi connectivity index (χ0) is 18.8. The Labute approximate surface area is 162 Å². The van der Waals surface area contributed by atoms with Gasteiger partial charge in [0.05, 0.1) is 6.04 Å². The second kappa shape index (κ2) is 7.73. The number of carbonyl (C=O) groups is 1. The molecule has 2 aliphatic rings. The number of benzene rings is 2. The largest absolute Gasteiger partial charge is 0.374 e. The first-order chi connectivity index (χ1) is 13.1. The first-order valence-electron chi connectivity index (χ1n) is 10.0. The van der Waals surface area contributed by atoms with Crippen molar-refractivity contribution in [3.8, 4) is 0 Å². The monoisotopic (exact) mass is 363 g/mol. The molecule has 0 bridgehead atoms. The highest BCUT2D eigenvalue weighted by Crippen LogP contribution is 2.32. The van der Waals surface area contributed by atoms with Crippen LogP contribution in [0.15, 0.2) is 42.5 Å². The SMILES string of the molecule is Cc1cccc(C(=O)NCC(c2ccc3c(c2)CCN3C)N2CCCC2)c1. The summed E-state index contributed by atoms with van der Waals surface area (Å²) < 4.78 is 0. The summed E-state index contributed by atoms with van der Waals surface area (Å²) in [6.07, 6.45) is 3.61. The van der Waals surface area contributed by atoms with E-state index in [0.717, 1.165) is 37.2 Å². The molecule has 2 aliphatic heterocycles. The molecule has 2 heterocycles. The molecule has 0 aliphatic carbocycles. The summed E-state index contributed by atoms with van der Waals surface area (Å²) in [6.45, 7) is 5.99. The van der Waals surface area contributed by atoms with Gasteiger partial charge in [-0.3, -0.25) is 9.69 Å². The standard InChI is InChI=1S/C23H29N3O/c1-17-6-5-7-20(14-17)23(27)24-16-22(26-11-3-4-12-26)18-8-9-21-19(15-18)10-13-25(21)2/h5-9,14-15,22H,3-4,10-13,16H2,1-2H3,(H,24,27). The maximum absolute atomic E-state index is 12.6. The molecule has 2 aromatic rings. The van der Waals surface area contributed by atoms with E-state index >= 15 is 0 Å². The van der Waals surface area contributed by atoms with Crippen molar-refractivity contribution in [2.75, 3.05) is 38.1 Å². The predicted octanol–water partition coefficient (Wildman–Crippen LogP) is 3.55. The molecule has 1 fully saturated rings. The minimum Gasteiger partial charge on any atom is -0.374 e. The van der Waals surface area contributed by atoms with Crippen LogP contribution in [0.25, 0.3) is 0 Å². The number of aryl methyl sites for hydroxylation is 1. The maximum Gasteiger partial charge on any atom is 0.251 e. The molecule has 0 spiro atoms. The van der Waals surface area contributed by atoms with E-state index in [1.54, 1.807) is 0 Å². The summed E-state index contributed by atoms with van der Waals surface area (Å²) in [5.74, 6) is 0.0174. The van der Waals surface area contributed by atoms with E-state index < -0.39 is 0 Å². The van der Waals surface area contributed by atoms with Crippen LogP contribution in [-0.2, 0) is 6.42 Å². The number of likely N-dealkylation sites (tertiary alicyclic amines) is 1. The fourth-order valence-electron chi connectivity index (χ4n) is 4.38. The van der Waals surface area contributed by atoms with Crippen molar-refractivity contribution in [3.05, 3.63) is 64.7 Å². The molecular formula is C23H29N3O. The van der Waals surface area contributed by atoms with Gasteiger partial charge in [0.2, 0.25) is 0 Å². The second-order valence-corrected chi connectivity index (χ2v) is 7.90. The van der Waals surface area contributed by atoms with Crippen LogP contribution >= 0.6 is 0 Å². The van der Waals surface area contributed by atoms with Crippen LogP contribution in [0, 0.1) is 6.92 Å². The van der Waals surface area contributed by atoms with Gasteiger partial charge in [0.25, 0.3) is 5.91 Å². The van der Waals surface area contributed by atoms with Gasteiger partial charge in [-0.15, -0.1) is 0 Å². The zero-order valence-electron chi connectivity index (χ0n) is 16.4. The van der Waals surface area contributed by atoms with Gasteiger partial charge in [0.15, 0.2) is 0 Å². The van der Waals surface area contributed by atoms with Crippen molar-refractivity contribution in [3.63, 3.8) is 0 Å². The van der Waals surface area contributed by atoms with Crippen molar-refractivity contribution < 1.29 is 4.79 Å². The van der Waals surface area contributed by atoms with E-state index in [1.165, 1.54) is 29.7 Å². The molecule has 2 aromatic carbocycles.